The molecule has 1 unspecified atom stereocenters. The molecule has 0 fully saturated rings. The number of methoxy groups -OCH3 is 1. The molecule has 6 heteroatoms. The minimum Gasteiger partial charge on any atom is -0.383 e. The predicted octanol–water partition coefficient (Wildman–Crippen LogP) is 1.89. The lowest BCUT2D eigenvalue weighted by Gasteiger charge is -2.24. The van der Waals surface area contributed by atoms with Crippen LogP contribution in [0.15, 0.2) is 0 Å². The molecule has 0 rings (SSSR count). The van der Waals surface area contributed by atoms with Crippen LogP contribution < -0.4 is 5.32 Å². The van der Waals surface area contributed by atoms with Crippen molar-refractivity contribution in [3.8, 4) is 0 Å². The summed E-state index contributed by atoms with van der Waals surface area (Å²) in [5, 5.41) is 3.25. The molecule has 0 aliphatic carbocycles. The maximum atomic E-state index is 12.0. The van der Waals surface area contributed by atoms with Crippen molar-refractivity contribution in [3.63, 3.8) is 0 Å². The lowest BCUT2D eigenvalue weighted by molar-refractivity contribution is -0.137. The molecule has 0 aliphatic heterocycles. The first kappa shape index (κ1) is 16.7. The highest BCUT2D eigenvalue weighted by Gasteiger charge is 2.27. The average molecular weight is 256 g/mol. The van der Waals surface area contributed by atoms with E-state index in [4.69, 9.17) is 4.74 Å². The molecule has 0 aromatic heterocycles. The Labute approximate surface area is 101 Å². The number of hydrogen-bond acceptors (Lipinski definition) is 3. The number of likely N-dealkylation sites (N-methyl/N-ethyl adjacent to an activating group) is 1. The van der Waals surface area contributed by atoms with E-state index in [9.17, 15) is 13.2 Å². The van der Waals surface area contributed by atoms with Crippen molar-refractivity contribution in [1.29, 1.82) is 0 Å². The molecule has 3 nitrogen and oxygen atoms in total. The SMILES string of the molecule is CCCNC(COC)CN(C)CCC(F)(F)F. The van der Waals surface area contributed by atoms with Gasteiger partial charge in [0.05, 0.1) is 13.0 Å². The number of nitrogens with one attached hydrogen (secondary N) is 1. The Morgan fingerprint density at radius 2 is 2.00 bits per heavy atom. The normalized spacial score (nSPS) is 14.3. The van der Waals surface area contributed by atoms with Crippen LogP contribution in [0, 0.1) is 0 Å². The number of halogens is 3. The summed E-state index contributed by atoms with van der Waals surface area (Å²) < 4.78 is 41.1. The van der Waals surface area contributed by atoms with Crippen LogP contribution >= 0.6 is 0 Å². The van der Waals surface area contributed by atoms with Crippen molar-refractivity contribution >= 4 is 0 Å². The molecule has 0 spiro atoms. The summed E-state index contributed by atoms with van der Waals surface area (Å²) in [4.78, 5) is 1.68. The summed E-state index contributed by atoms with van der Waals surface area (Å²) >= 11 is 0. The molecule has 104 valence electrons. The summed E-state index contributed by atoms with van der Waals surface area (Å²) in [6.45, 7) is 3.99. The van der Waals surface area contributed by atoms with Gasteiger partial charge in [-0.1, -0.05) is 6.92 Å². The van der Waals surface area contributed by atoms with Crippen molar-refractivity contribution in [2.75, 3.05) is 40.4 Å². The third-order valence-electron chi connectivity index (χ3n) is 2.36. The molecule has 0 saturated heterocycles. The molecule has 0 radical (unpaired) electrons. The first-order valence-electron chi connectivity index (χ1n) is 5.86. The van der Waals surface area contributed by atoms with Gasteiger partial charge in [-0.05, 0) is 20.0 Å². The molecule has 0 aliphatic rings. The Kier molecular flexibility index (Phi) is 8.55. The number of nitrogens with zero attached hydrogens (tertiary/aromatic N) is 1. The van der Waals surface area contributed by atoms with Gasteiger partial charge >= 0.3 is 6.18 Å². The predicted molar refractivity (Wildman–Crippen MR) is 62.1 cm³/mol. The molecular formula is C11H23F3N2O. The van der Waals surface area contributed by atoms with Gasteiger partial charge in [0.15, 0.2) is 0 Å². The van der Waals surface area contributed by atoms with Crippen LogP contribution in [-0.2, 0) is 4.74 Å². The first-order valence-corrected chi connectivity index (χ1v) is 5.86. The quantitative estimate of drug-likeness (QED) is 0.682. The Hall–Kier alpha value is -0.330. The summed E-state index contributed by atoms with van der Waals surface area (Å²) in [6, 6.07) is 0.0817. The molecule has 1 atom stereocenters. The van der Waals surface area contributed by atoms with Gasteiger partial charge in [-0.2, -0.15) is 13.2 Å². The van der Waals surface area contributed by atoms with Gasteiger partial charge in [-0.15, -0.1) is 0 Å². The second-order valence-electron chi connectivity index (χ2n) is 4.23. The minimum atomic E-state index is -4.08. The third kappa shape index (κ3) is 10.5. The van der Waals surface area contributed by atoms with E-state index in [1.165, 1.54) is 0 Å². The van der Waals surface area contributed by atoms with E-state index in [0.29, 0.717) is 13.2 Å². The van der Waals surface area contributed by atoms with Crippen LogP contribution in [0.5, 0.6) is 0 Å². The molecular weight excluding hydrogens is 233 g/mol. The van der Waals surface area contributed by atoms with Gasteiger partial charge in [0, 0.05) is 26.2 Å². The molecule has 17 heavy (non-hydrogen) atoms. The van der Waals surface area contributed by atoms with E-state index in [1.807, 2.05) is 6.92 Å². The van der Waals surface area contributed by atoms with Crippen molar-refractivity contribution in [3.05, 3.63) is 0 Å². The van der Waals surface area contributed by atoms with Crippen molar-refractivity contribution in [1.82, 2.24) is 10.2 Å². The second kappa shape index (κ2) is 8.72. The van der Waals surface area contributed by atoms with Gasteiger partial charge in [-0.3, -0.25) is 0 Å². The maximum absolute atomic E-state index is 12.0. The van der Waals surface area contributed by atoms with Crippen molar-refractivity contribution < 1.29 is 17.9 Å². The molecule has 0 aromatic carbocycles. The van der Waals surface area contributed by atoms with Gasteiger partial charge < -0.3 is 15.0 Å². The van der Waals surface area contributed by atoms with E-state index in [-0.39, 0.29) is 12.6 Å². The zero-order valence-electron chi connectivity index (χ0n) is 10.8. The Balaban J connectivity index is 3.89. The summed E-state index contributed by atoms with van der Waals surface area (Å²) in [6.07, 6.45) is -3.86. The fourth-order valence-corrected chi connectivity index (χ4v) is 1.51. The van der Waals surface area contributed by atoms with Crippen LogP contribution in [0.25, 0.3) is 0 Å². The van der Waals surface area contributed by atoms with Crippen molar-refractivity contribution in [2.24, 2.45) is 0 Å². The highest BCUT2D eigenvalue weighted by atomic mass is 19.4. The van der Waals surface area contributed by atoms with E-state index < -0.39 is 12.6 Å². The molecule has 0 amide bonds. The fraction of sp³-hybridized carbons (Fsp3) is 1.00. The van der Waals surface area contributed by atoms with E-state index in [2.05, 4.69) is 5.32 Å². The fourth-order valence-electron chi connectivity index (χ4n) is 1.51. The highest BCUT2D eigenvalue weighted by Crippen LogP contribution is 2.19. The first-order chi connectivity index (χ1) is 7.89. The zero-order valence-corrected chi connectivity index (χ0v) is 10.8. The maximum Gasteiger partial charge on any atom is 0.390 e. The number of hydrogen-bond donors (Lipinski definition) is 1. The number of ether oxygens (including phenoxy) is 1. The molecule has 0 saturated carbocycles. The van der Waals surface area contributed by atoms with Crippen LogP contribution in [0.2, 0.25) is 0 Å². The highest BCUT2D eigenvalue weighted by molar-refractivity contribution is 4.70. The average Bonchev–Trinajstić information content (AvgIpc) is 2.22. The van der Waals surface area contributed by atoms with Crippen LogP contribution in [0.3, 0.4) is 0 Å². The van der Waals surface area contributed by atoms with E-state index in [1.54, 1.807) is 19.1 Å². The topological polar surface area (TPSA) is 24.5 Å². The Morgan fingerprint density at radius 1 is 1.35 bits per heavy atom. The molecule has 0 bridgehead atoms. The molecule has 0 heterocycles. The lowest BCUT2D eigenvalue weighted by Crippen LogP contribution is -2.43. The van der Waals surface area contributed by atoms with Gasteiger partial charge in [0.25, 0.3) is 0 Å². The molecule has 0 aromatic rings. The third-order valence-corrected chi connectivity index (χ3v) is 2.36. The molecule has 1 N–H and O–H groups in total. The minimum absolute atomic E-state index is 0.0253. The van der Waals surface area contributed by atoms with Crippen LogP contribution in [0.4, 0.5) is 13.2 Å². The van der Waals surface area contributed by atoms with Crippen LogP contribution in [-0.4, -0.2) is 57.5 Å². The Morgan fingerprint density at radius 3 is 2.47 bits per heavy atom. The lowest BCUT2D eigenvalue weighted by atomic mass is 10.2. The zero-order chi connectivity index (χ0) is 13.3. The van der Waals surface area contributed by atoms with Gasteiger partial charge in [-0.25, -0.2) is 0 Å². The standard InChI is InChI=1S/C11H23F3N2O/c1-4-6-15-10(9-17-3)8-16(2)7-5-11(12,13)14/h10,15H,4-9H2,1-3H3. The van der Waals surface area contributed by atoms with E-state index in [0.717, 1.165) is 13.0 Å². The summed E-state index contributed by atoms with van der Waals surface area (Å²) in [5.74, 6) is 0. The smallest absolute Gasteiger partial charge is 0.383 e. The van der Waals surface area contributed by atoms with Crippen LogP contribution in [0.1, 0.15) is 19.8 Å². The Bertz CT molecular complexity index is 188. The van der Waals surface area contributed by atoms with Gasteiger partial charge in [0.1, 0.15) is 0 Å². The number of rotatable bonds is 9. The summed E-state index contributed by atoms with van der Waals surface area (Å²) in [7, 11) is 3.29. The van der Waals surface area contributed by atoms with E-state index >= 15 is 0 Å². The number of alkyl halides is 3. The van der Waals surface area contributed by atoms with Gasteiger partial charge in [0.2, 0.25) is 0 Å². The second-order valence-corrected chi connectivity index (χ2v) is 4.23. The largest absolute Gasteiger partial charge is 0.390 e. The monoisotopic (exact) mass is 256 g/mol. The summed E-state index contributed by atoms with van der Waals surface area (Å²) in [5.41, 5.74) is 0. The van der Waals surface area contributed by atoms with Crippen molar-refractivity contribution in [2.45, 2.75) is 32.0 Å².